The van der Waals surface area contributed by atoms with Gasteiger partial charge in [-0.05, 0) is 37.9 Å². The average Bonchev–Trinajstić information content (AvgIpc) is 2.99. The third kappa shape index (κ3) is 5.83. The summed E-state index contributed by atoms with van der Waals surface area (Å²) >= 11 is 1.65. The highest BCUT2D eigenvalue weighted by Gasteiger charge is 2.52. The Morgan fingerprint density at radius 2 is 2.19 bits per heavy atom. The van der Waals surface area contributed by atoms with Crippen LogP contribution < -0.4 is 0 Å². The van der Waals surface area contributed by atoms with Crippen LogP contribution in [0.4, 0.5) is 0 Å². The summed E-state index contributed by atoms with van der Waals surface area (Å²) in [6.07, 6.45) is 9.42. The van der Waals surface area contributed by atoms with E-state index < -0.39 is 18.2 Å². The third-order valence-electron chi connectivity index (χ3n) is 5.57. The summed E-state index contributed by atoms with van der Waals surface area (Å²) in [6.45, 7) is 4.26. The van der Waals surface area contributed by atoms with Crippen molar-refractivity contribution in [2.75, 3.05) is 5.75 Å². The number of nitrogens with zero attached hydrogens (tertiary/aromatic N) is 1. The summed E-state index contributed by atoms with van der Waals surface area (Å²) in [6, 6.07) is 0. The van der Waals surface area contributed by atoms with Crippen molar-refractivity contribution in [2.45, 2.75) is 83.0 Å². The van der Waals surface area contributed by atoms with Gasteiger partial charge < -0.3 is 15.3 Å². The SMILES string of the molecule is CCCCCC(O)/C=C/C1C(O)CC2(C)N=C(SCCCC(=O)O)CC12. The second-order valence-electron chi connectivity index (χ2n) is 7.82. The van der Waals surface area contributed by atoms with Gasteiger partial charge in [0.25, 0.3) is 0 Å². The van der Waals surface area contributed by atoms with Crippen LogP contribution in [0, 0.1) is 11.8 Å². The Kier molecular flexibility index (Phi) is 8.17. The molecule has 0 aromatic heterocycles. The van der Waals surface area contributed by atoms with E-state index in [4.69, 9.17) is 10.1 Å². The van der Waals surface area contributed by atoms with E-state index in [9.17, 15) is 15.0 Å². The number of hydrogen-bond acceptors (Lipinski definition) is 5. The molecule has 0 spiro atoms. The molecular weight excluding hydrogens is 350 g/mol. The fraction of sp³-hybridized carbons (Fsp3) is 0.800. The molecule has 0 amide bonds. The van der Waals surface area contributed by atoms with Gasteiger partial charge in [0.15, 0.2) is 0 Å². The van der Waals surface area contributed by atoms with Gasteiger partial charge in [0.1, 0.15) is 0 Å². The highest BCUT2D eigenvalue weighted by atomic mass is 32.2. The number of hydrogen-bond donors (Lipinski definition) is 3. The lowest BCUT2D eigenvalue weighted by atomic mass is 9.84. The lowest BCUT2D eigenvalue weighted by Crippen LogP contribution is -2.25. The first-order valence-electron chi connectivity index (χ1n) is 9.83. The number of thioether (sulfide) groups is 1. The molecule has 1 aliphatic carbocycles. The maximum absolute atomic E-state index is 10.6. The van der Waals surface area contributed by atoms with Crippen molar-refractivity contribution in [3.8, 4) is 0 Å². The smallest absolute Gasteiger partial charge is 0.303 e. The number of aliphatic imine (C=N–C) groups is 1. The van der Waals surface area contributed by atoms with Crippen LogP contribution in [0.2, 0.25) is 0 Å². The zero-order valence-corrected chi connectivity index (χ0v) is 16.7. The van der Waals surface area contributed by atoms with E-state index in [1.54, 1.807) is 11.8 Å². The normalized spacial score (nSPS) is 32.0. The van der Waals surface area contributed by atoms with E-state index in [0.717, 1.165) is 42.9 Å². The highest BCUT2D eigenvalue weighted by molar-refractivity contribution is 8.13. The van der Waals surface area contributed by atoms with Crippen LogP contribution in [-0.4, -0.2) is 49.8 Å². The van der Waals surface area contributed by atoms with Crippen LogP contribution in [0.3, 0.4) is 0 Å². The molecule has 1 aliphatic heterocycles. The van der Waals surface area contributed by atoms with Crippen molar-refractivity contribution in [1.82, 2.24) is 0 Å². The summed E-state index contributed by atoms with van der Waals surface area (Å²) in [5.41, 5.74) is -0.239. The number of aliphatic carboxylic acids is 1. The fourth-order valence-corrected chi connectivity index (χ4v) is 5.21. The number of carboxylic acid groups (broad SMARTS) is 1. The van der Waals surface area contributed by atoms with E-state index in [-0.39, 0.29) is 23.8 Å². The molecule has 6 heteroatoms. The van der Waals surface area contributed by atoms with E-state index in [1.165, 1.54) is 0 Å². The molecular formula is C20H33NO4S. The first-order valence-corrected chi connectivity index (χ1v) is 10.8. The Bertz CT molecular complexity index is 536. The number of carboxylic acids is 1. The zero-order chi connectivity index (χ0) is 19.2. The fourth-order valence-electron chi connectivity index (χ4n) is 4.12. The molecule has 0 radical (unpaired) electrons. The number of aliphatic hydroxyl groups excluding tert-OH is 2. The lowest BCUT2D eigenvalue weighted by Gasteiger charge is -2.22. The summed E-state index contributed by atoms with van der Waals surface area (Å²) in [5.74, 6) is 0.307. The van der Waals surface area contributed by atoms with Gasteiger partial charge in [-0.3, -0.25) is 9.79 Å². The van der Waals surface area contributed by atoms with Crippen LogP contribution in [0.5, 0.6) is 0 Å². The summed E-state index contributed by atoms with van der Waals surface area (Å²) in [7, 11) is 0. The Morgan fingerprint density at radius 1 is 1.42 bits per heavy atom. The minimum atomic E-state index is -0.756. The molecule has 26 heavy (non-hydrogen) atoms. The second kappa shape index (κ2) is 9.90. The van der Waals surface area contributed by atoms with Crippen molar-refractivity contribution in [3.05, 3.63) is 12.2 Å². The Labute approximate surface area is 161 Å². The minimum Gasteiger partial charge on any atom is -0.481 e. The van der Waals surface area contributed by atoms with Gasteiger partial charge in [-0.25, -0.2) is 0 Å². The minimum absolute atomic E-state index is 0.0293. The van der Waals surface area contributed by atoms with Gasteiger partial charge in [0.05, 0.1) is 22.8 Å². The monoisotopic (exact) mass is 383 g/mol. The van der Waals surface area contributed by atoms with Crippen LogP contribution >= 0.6 is 11.8 Å². The molecule has 5 nitrogen and oxygen atoms in total. The van der Waals surface area contributed by atoms with Crippen LogP contribution in [0.1, 0.15) is 65.2 Å². The molecule has 3 N–H and O–H groups in total. The predicted octanol–water partition coefficient (Wildman–Crippen LogP) is 3.64. The molecule has 5 atom stereocenters. The quantitative estimate of drug-likeness (QED) is 0.396. The van der Waals surface area contributed by atoms with Crippen molar-refractivity contribution in [3.63, 3.8) is 0 Å². The molecule has 2 rings (SSSR count). The molecule has 1 fully saturated rings. The number of rotatable bonds is 10. The summed E-state index contributed by atoms with van der Waals surface area (Å²) in [5, 5.41) is 30.4. The molecule has 0 bridgehead atoms. The van der Waals surface area contributed by atoms with Gasteiger partial charge >= 0.3 is 5.97 Å². The lowest BCUT2D eigenvalue weighted by molar-refractivity contribution is -0.137. The summed E-state index contributed by atoms with van der Waals surface area (Å²) < 4.78 is 0. The van der Waals surface area contributed by atoms with Crippen molar-refractivity contribution >= 4 is 22.8 Å². The van der Waals surface area contributed by atoms with Gasteiger partial charge in [-0.1, -0.05) is 38.3 Å². The van der Waals surface area contributed by atoms with Crippen molar-refractivity contribution in [2.24, 2.45) is 16.8 Å². The zero-order valence-electron chi connectivity index (χ0n) is 15.9. The summed E-state index contributed by atoms with van der Waals surface area (Å²) in [4.78, 5) is 15.5. The van der Waals surface area contributed by atoms with Gasteiger partial charge in [-0.2, -0.15) is 0 Å². The van der Waals surface area contributed by atoms with Crippen LogP contribution in [-0.2, 0) is 4.79 Å². The first kappa shape index (κ1) is 21.5. The highest BCUT2D eigenvalue weighted by Crippen LogP contribution is 2.50. The predicted molar refractivity (Wildman–Crippen MR) is 107 cm³/mol. The topological polar surface area (TPSA) is 90.1 Å². The number of unbranched alkanes of at least 4 members (excludes halogenated alkanes) is 2. The second-order valence-corrected chi connectivity index (χ2v) is 8.98. The number of carbonyl (C=O) groups is 1. The maximum Gasteiger partial charge on any atom is 0.303 e. The number of fused-ring (bicyclic) bond motifs is 1. The van der Waals surface area contributed by atoms with E-state index in [1.807, 2.05) is 12.2 Å². The van der Waals surface area contributed by atoms with Crippen molar-refractivity contribution in [1.29, 1.82) is 0 Å². The molecule has 0 saturated heterocycles. The Morgan fingerprint density at radius 3 is 2.88 bits per heavy atom. The standard InChI is InChI=1S/C20H33NO4S/c1-3-4-5-7-14(22)9-10-15-16-12-18(26-11-6-8-19(24)25)21-20(16,2)13-17(15)23/h9-10,14-17,22-23H,3-8,11-13H2,1-2H3,(H,24,25)/b10-9+. The first-order chi connectivity index (χ1) is 12.4. The average molecular weight is 384 g/mol. The molecule has 148 valence electrons. The van der Waals surface area contributed by atoms with Gasteiger partial charge in [0.2, 0.25) is 0 Å². The van der Waals surface area contributed by atoms with Gasteiger partial charge in [0, 0.05) is 18.8 Å². The molecule has 0 aromatic rings. The molecule has 5 unspecified atom stereocenters. The number of aliphatic hydroxyl groups is 2. The van der Waals surface area contributed by atoms with Crippen LogP contribution in [0.15, 0.2) is 17.1 Å². The Balaban J connectivity index is 1.87. The largest absolute Gasteiger partial charge is 0.481 e. The van der Waals surface area contributed by atoms with Gasteiger partial charge in [-0.15, -0.1) is 11.8 Å². The van der Waals surface area contributed by atoms with E-state index >= 15 is 0 Å². The molecule has 2 aliphatic rings. The van der Waals surface area contributed by atoms with E-state index in [0.29, 0.717) is 12.8 Å². The third-order valence-corrected chi connectivity index (χ3v) is 6.65. The van der Waals surface area contributed by atoms with Crippen LogP contribution in [0.25, 0.3) is 0 Å². The molecule has 1 saturated carbocycles. The Hall–Kier alpha value is -0.850. The maximum atomic E-state index is 10.6. The molecule has 1 heterocycles. The van der Waals surface area contributed by atoms with Crippen molar-refractivity contribution < 1.29 is 20.1 Å². The van der Waals surface area contributed by atoms with E-state index in [2.05, 4.69) is 13.8 Å². The molecule has 0 aromatic carbocycles.